The summed E-state index contributed by atoms with van der Waals surface area (Å²) in [7, 11) is 0.635. The van der Waals surface area contributed by atoms with E-state index in [-0.39, 0.29) is 35.7 Å². The Bertz CT molecular complexity index is 2470. The number of likely N-dealkylation sites (N-methyl/N-ethyl adjacent to an activating group) is 1. The molecule has 0 saturated carbocycles. The van der Waals surface area contributed by atoms with Crippen LogP contribution in [0.3, 0.4) is 0 Å². The van der Waals surface area contributed by atoms with Gasteiger partial charge in [-0.15, -0.1) is 0 Å². The molecule has 0 aromatic heterocycles. The van der Waals surface area contributed by atoms with Gasteiger partial charge in [-0.3, -0.25) is 24.1 Å². The maximum absolute atomic E-state index is 14.2. The van der Waals surface area contributed by atoms with Crippen LogP contribution in [0, 0.1) is 11.8 Å². The Balaban J connectivity index is 0.930. The zero-order valence-electron chi connectivity index (χ0n) is 37.4. The molecular formula is C51H59N4O10P. The third kappa shape index (κ3) is 8.54. The molecule has 7 rings (SSSR count). The number of aromatic hydroxyl groups is 1. The first-order chi connectivity index (χ1) is 31.6. The van der Waals surface area contributed by atoms with Crippen LogP contribution in [0.25, 0.3) is 0 Å². The third-order valence-corrected chi connectivity index (χ3v) is 18.9. The molecule has 348 valence electrons. The maximum atomic E-state index is 14.2. The number of anilines is 1. The fourth-order valence-electron chi connectivity index (χ4n) is 10.6. The number of hydrogen-bond donors (Lipinski definition) is 8. The normalized spacial score (nSPS) is 22.9. The average Bonchev–Trinajstić information content (AvgIpc) is 3.30. The van der Waals surface area contributed by atoms with Gasteiger partial charge in [-0.25, -0.2) is 0 Å². The van der Waals surface area contributed by atoms with E-state index in [1.807, 2.05) is 0 Å². The molecule has 0 bridgehead atoms. The van der Waals surface area contributed by atoms with Crippen molar-refractivity contribution in [1.29, 1.82) is 0 Å². The molecule has 0 spiro atoms. The standard InChI is InChI=1S/C51H59N4O10P/c1-30-34-25-26-35(44(58)39(34)45(59)40-38(30)46(60)42-43(55(2)3)47(61)41(50(52)64)49(63)51(42,65)48(40)62)54-37(57)27-28-53-36(56)24-16-5-4-6-17-29-66(31-18-10-7-11-19-31,32-20-12-8-13-21-32)33-22-14-9-15-23-33/h7-15,18-23,25-26,30,38,42-43,46,58,60-62,65-66H,4-6,16-17,24,27-29H2,1-3H3,(H2,52,64)(H,53,56)(H,54,57)/t30-,38+,42+,43-,46-,51-/m0/s1. The molecule has 4 aromatic carbocycles. The Morgan fingerprint density at radius 1 is 0.758 bits per heavy atom. The molecule has 3 aliphatic carbocycles. The van der Waals surface area contributed by atoms with E-state index < -0.39 is 94.6 Å². The number of phenolic OH excluding ortho intramolecular Hbond substituents is 1. The number of hydrogen-bond acceptors (Lipinski definition) is 11. The molecule has 0 radical (unpaired) electrons. The van der Waals surface area contributed by atoms with Gasteiger partial charge in [-0.05, 0) is 31.6 Å². The van der Waals surface area contributed by atoms with Crippen molar-refractivity contribution in [2.75, 3.05) is 32.1 Å². The van der Waals surface area contributed by atoms with Crippen molar-refractivity contribution in [2.45, 2.75) is 75.5 Å². The number of nitrogens with one attached hydrogen (secondary N) is 2. The second kappa shape index (κ2) is 19.7. The molecule has 3 aliphatic rings. The summed E-state index contributed by atoms with van der Waals surface area (Å²) in [5.74, 6) is -10.9. The predicted octanol–water partition coefficient (Wildman–Crippen LogP) is 4.16. The van der Waals surface area contributed by atoms with Crippen LogP contribution in [-0.2, 0) is 19.2 Å². The van der Waals surface area contributed by atoms with Gasteiger partial charge >= 0.3 is 194 Å². The van der Waals surface area contributed by atoms with Crippen molar-refractivity contribution in [2.24, 2.45) is 17.6 Å². The van der Waals surface area contributed by atoms with Crippen molar-refractivity contribution in [3.05, 3.63) is 137 Å². The maximum Gasteiger partial charge on any atom is 0.255 e. The first kappa shape index (κ1) is 47.8. The Kier molecular flexibility index (Phi) is 14.3. The van der Waals surface area contributed by atoms with Crippen molar-refractivity contribution in [3.63, 3.8) is 0 Å². The van der Waals surface area contributed by atoms with Gasteiger partial charge < -0.3 is 36.6 Å². The van der Waals surface area contributed by atoms with Crippen LogP contribution >= 0.6 is 7.26 Å². The Morgan fingerprint density at radius 2 is 1.30 bits per heavy atom. The Hall–Kier alpha value is -6.18. The smallest absolute Gasteiger partial charge is 0.255 e. The number of ketones is 2. The minimum atomic E-state index is -3.04. The molecule has 0 heterocycles. The van der Waals surface area contributed by atoms with Crippen LogP contribution in [-0.4, -0.2) is 104 Å². The van der Waals surface area contributed by atoms with Gasteiger partial charge in [0, 0.05) is 11.5 Å². The molecule has 4 aromatic rings. The first-order valence-electron chi connectivity index (χ1n) is 22.5. The number of benzene rings is 4. The van der Waals surface area contributed by atoms with E-state index in [9.17, 15) is 49.5 Å². The van der Waals surface area contributed by atoms with Crippen molar-refractivity contribution in [1.82, 2.24) is 10.2 Å². The van der Waals surface area contributed by atoms with Gasteiger partial charge in [0.05, 0.1) is 29.3 Å². The van der Waals surface area contributed by atoms with Gasteiger partial charge in [0.2, 0.25) is 5.78 Å². The van der Waals surface area contributed by atoms with E-state index in [0.29, 0.717) is 12.8 Å². The monoisotopic (exact) mass is 918 g/mol. The average molecular weight is 919 g/mol. The van der Waals surface area contributed by atoms with Crippen LogP contribution in [0.2, 0.25) is 0 Å². The van der Waals surface area contributed by atoms with Crippen LogP contribution in [0.15, 0.2) is 126 Å². The second-order valence-corrected chi connectivity index (χ2v) is 21.9. The number of aliphatic hydroxyl groups excluding tert-OH is 3. The minimum Gasteiger partial charge on any atom is -0.510 e. The molecule has 15 heteroatoms. The molecule has 14 nitrogen and oxygen atoms in total. The Morgan fingerprint density at radius 3 is 1.85 bits per heavy atom. The van der Waals surface area contributed by atoms with Gasteiger partial charge in [-0.1, -0.05) is 13.0 Å². The van der Waals surface area contributed by atoms with E-state index in [2.05, 4.69) is 102 Å². The van der Waals surface area contributed by atoms with Crippen LogP contribution in [0.4, 0.5) is 5.69 Å². The zero-order valence-corrected chi connectivity index (χ0v) is 38.4. The van der Waals surface area contributed by atoms with Crippen molar-refractivity contribution in [3.8, 4) is 5.75 Å². The zero-order chi connectivity index (χ0) is 47.5. The summed E-state index contributed by atoms with van der Waals surface area (Å²) in [6, 6.07) is 34.0. The number of Topliss-reactive ketones (excluding diaryl/α,β-unsaturated/α-hetero) is 2. The van der Waals surface area contributed by atoms with Crippen LogP contribution in [0.5, 0.6) is 5.75 Å². The molecule has 3 amide bonds. The number of aliphatic hydroxyl groups is 4. The number of rotatable bonds is 17. The van der Waals surface area contributed by atoms with Gasteiger partial charge in [0.25, 0.3) is 5.91 Å². The molecule has 0 aliphatic heterocycles. The number of carbonyl (C=O) groups is 5. The fraction of sp³-hybridized carbons (Fsp3) is 0.353. The summed E-state index contributed by atoms with van der Waals surface area (Å²) in [5.41, 5.74) is 0.612. The number of primary amides is 1. The largest absolute Gasteiger partial charge is 0.510 e. The summed E-state index contributed by atoms with van der Waals surface area (Å²) >= 11 is 0. The predicted molar refractivity (Wildman–Crippen MR) is 255 cm³/mol. The summed E-state index contributed by atoms with van der Waals surface area (Å²) in [6.45, 7) is 1.64. The number of nitrogens with zero attached hydrogens (tertiary/aromatic N) is 1. The summed E-state index contributed by atoms with van der Waals surface area (Å²) in [6.07, 6.45) is 4.15. The summed E-state index contributed by atoms with van der Waals surface area (Å²) < 4.78 is 0. The number of fused-ring (bicyclic) bond motifs is 3. The molecule has 9 N–H and O–H groups in total. The quantitative estimate of drug-likeness (QED) is 0.0324. The SMILES string of the molecule is C[C@H]1c2ccc(NC(=O)CCNC(=O)CCCCCCC[PH](c3ccccc3)(c3ccccc3)c3ccccc3)c(O)c2C(=O)C2=C(O)[C@]3(O)C(=O)C(C(N)=O)=C(O)[C@@H](N(C)C)[C@@H]3[C@@H](O)[C@@H]21. The number of amides is 3. The van der Waals surface area contributed by atoms with E-state index in [1.165, 1.54) is 47.0 Å². The summed E-state index contributed by atoms with van der Waals surface area (Å²) in [5, 5.41) is 67.3. The van der Waals surface area contributed by atoms with Gasteiger partial charge in [0.15, 0.2) is 17.1 Å². The van der Waals surface area contributed by atoms with Crippen LogP contribution in [0.1, 0.15) is 73.7 Å². The first-order valence-corrected chi connectivity index (χ1v) is 24.7. The van der Waals surface area contributed by atoms with Crippen molar-refractivity contribution < 1.29 is 49.5 Å². The minimum absolute atomic E-state index is 0.0246. The number of carbonyl (C=O) groups excluding carboxylic acids is 5. The van der Waals surface area contributed by atoms with E-state index in [1.54, 1.807) is 6.92 Å². The second-order valence-electron chi connectivity index (χ2n) is 17.9. The number of nitrogens with two attached hydrogens (primary N) is 1. The van der Waals surface area contributed by atoms with E-state index >= 15 is 0 Å². The molecule has 0 fully saturated rings. The molecule has 6 atom stereocenters. The van der Waals surface area contributed by atoms with Crippen LogP contribution < -0.4 is 32.3 Å². The molecular weight excluding hydrogens is 860 g/mol. The van der Waals surface area contributed by atoms with Crippen molar-refractivity contribution >= 4 is 58.2 Å². The molecule has 0 unspecified atom stereocenters. The molecule has 66 heavy (non-hydrogen) atoms. The Labute approximate surface area is 384 Å². The summed E-state index contributed by atoms with van der Waals surface area (Å²) in [4.78, 5) is 67.3. The fourth-order valence-corrected chi connectivity index (χ4v) is 15.6. The molecule has 0 saturated heterocycles. The van der Waals surface area contributed by atoms with E-state index in [0.717, 1.165) is 31.8 Å². The van der Waals surface area contributed by atoms with Gasteiger partial charge in [0.1, 0.15) is 17.1 Å². The topological polar surface area (TPSA) is 240 Å². The van der Waals surface area contributed by atoms with E-state index in [4.69, 9.17) is 5.73 Å². The number of phenols is 1. The van der Waals surface area contributed by atoms with Gasteiger partial charge in [-0.2, -0.15) is 0 Å². The number of unbranched alkanes of at least 4 members (excludes halogenated alkanes) is 4. The third-order valence-electron chi connectivity index (χ3n) is 13.8.